The molecule has 0 aliphatic rings. The summed E-state index contributed by atoms with van der Waals surface area (Å²) in [5, 5.41) is 9.91. The van der Waals surface area contributed by atoms with Crippen molar-refractivity contribution in [2.24, 2.45) is 0 Å². The van der Waals surface area contributed by atoms with Crippen LogP contribution in [-0.4, -0.2) is 11.1 Å². The fraction of sp³-hybridized carbons (Fsp3) is 0.133. The zero-order valence-corrected chi connectivity index (χ0v) is 13.5. The molecule has 0 atom stereocenters. The second kappa shape index (κ2) is 6.61. The Morgan fingerprint density at radius 2 is 1.90 bits per heavy atom. The van der Waals surface area contributed by atoms with Crippen molar-refractivity contribution in [2.45, 2.75) is 12.8 Å². The highest BCUT2D eigenvalue weighted by molar-refractivity contribution is 9.10. The van der Waals surface area contributed by atoms with Gasteiger partial charge in [-0.3, -0.25) is 0 Å². The first-order valence-corrected chi connectivity index (χ1v) is 7.48. The zero-order valence-electron chi connectivity index (χ0n) is 10.4. The third kappa shape index (κ3) is 3.54. The van der Waals surface area contributed by atoms with Gasteiger partial charge in [-0.25, -0.2) is 4.79 Å². The summed E-state index contributed by atoms with van der Waals surface area (Å²) < 4.78 is 0.991. The van der Waals surface area contributed by atoms with Crippen LogP contribution in [0.5, 0.6) is 0 Å². The molecule has 0 saturated heterocycles. The topological polar surface area (TPSA) is 37.3 Å². The molecule has 0 fully saturated rings. The number of hydrogen-bond acceptors (Lipinski definition) is 1. The highest BCUT2D eigenvalue weighted by Crippen LogP contribution is 2.30. The van der Waals surface area contributed by atoms with Crippen LogP contribution in [0.1, 0.15) is 21.5 Å². The molecule has 0 aliphatic carbocycles. The SMILES string of the molecule is O=C(O)c1ccc(Cl)c(Cl)c1CCc1cccc(Br)c1. The molecule has 0 saturated carbocycles. The second-order valence-electron chi connectivity index (χ2n) is 4.32. The lowest BCUT2D eigenvalue weighted by molar-refractivity contribution is 0.0695. The molecule has 0 heterocycles. The molecule has 0 spiro atoms. The molecule has 1 N–H and O–H groups in total. The van der Waals surface area contributed by atoms with Gasteiger partial charge in [0.2, 0.25) is 0 Å². The van der Waals surface area contributed by atoms with E-state index in [-0.39, 0.29) is 5.56 Å². The maximum Gasteiger partial charge on any atom is 0.336 e. The van der Waals surface area contributed by atoms with E-state index in [1.54, 1.807) is 0 Å². The number of halogens is 3. The van der Waals surface area contributed by atoms with Crippen LogP contribution in [0, 0.1) is 0 Å². The van der Waals surface area contributed by atoms with Crippen molar-refractivity contribution in [2.75, 3.05) is 0 Å². The predicted octanol–water partition coefficient (Wildman–Crippen LogP) is 5.24. The molecule has 20 heavy (non-hydrogen) atoms. The van der Waals surface area contributed by atoms with E-state index in [2.05, 4.69) is 15.9 Å². The van der Waals surface area contributed by atoms with Gasteiger partial charge in [-0.1, -0.05) is 51.3 Å². The monoisotopic (exact) mass is 372 g/mol. The molecule has 2 aromatic rings. The van der Waals surface area contributed by atoms with Gasteiger partial charge >= 0.3 is 5.97 Å². The molecule has 0 bridgehead atoms. The van der Waals surface area contributed by atoms with Crippen molar-refractivity contribution in [3.05, 3.63) is 67.6 Å². The maximum absolute atomic E-state index is 11.2. The Bertz CT molecular complexity index is 656. The molecular weight excluding hydrogens is 363 g/mol. The number of carbonyl (C=O) groups is 1. The highest BCUT2D eigenvalue weighted by Gasteiger charge is 2.15. The van der Waals surface area contributed by atoms with Gasteiger partial charge in [0.05, 0.1) is 15.6 Å². The molecule has 0 aliphatic heterocycles. The molecule has 0 radical (unpaired) electrons. The summed E-state index contributed by atoms with van der Waals surface area (Å²) >= 11 is 15.5. The minimum absolute atomic E-state index is 0.203. The van der Waals surface area contributed by atoms with Gasteiger partial charge in [-0.15, -0.1) is 0 Å². The van der Waals surface area contributed by atoms with E-state index < -0.39 is 5.97 Å². The first kappa shape index (κ1) is 15.4. The van der Waals surface area contributed by atoms with Gasteiger partial charge < -0.3 is 5.11 Å². The van der Waals surface area contributed by atoms with Crippen molar-refractivity contribution in [1.29, 1.82) is 0 Å². The minimum atomic E-state index is -0.993. The lowest BCUT2D eigenvalue weighted by atomic mass is 9.99. The summed E-state index contributed by atoms with van der Waals surface area (Å²) in [6, 6.07) is 10.9. The summed E-state index contributed by atoms with van der Waals surface area (Å²) in [7, 11) is 0. The minimum Gasteiger partial charge on any atom is -0.478 e. The van der Waals surface area contributed by atoms with E-state index in [1.165, 1.54) is 12.1 Å². The summed E-state index contributed by atoms with van der Waals surface area (Å²) in [6.07, 6.45) is 1.22. The van der Waals surface area contributed by atoms with Crippen LogP contribution in [0.3, 0.4) is 0 Å². The van der Waals surface area contributed by atoms with Crippen LogP contribution in [-0.2, 0) is 12.8 Å². The van der Waals surface area contributed by atoms with E-state index >= 15 is 0 Å². The molecule has 104 valence electrons. The van der Waals surface area contributed by atoms with E-state index in [9.17, 15) is 9.90 Å². The molecule has 2 rings (SSSR count). The summed E-state index contributed by atoms with van der Waals surface area (Å²) in [4.78, 5) is 11.2. The lowest BCUT2D eigenvalue weighted by Crippen LogP contribution is -2.05. The summed E-state index contributed by atoms with van der Waals surface area (Å²) in [6.45, 7) is 0. The van der Waals surface area contributed by atoms with E-state index in [0.29, 0.717) is 28.5 Å². The first-order chi connectivity index (χ1) is 9.49. The van der Waals surface area contributed by atoms with Crippen LogP contribution >= 0.6 is 39.1 Å². The van der Waals surface area contributed by atoms with E-state index in [4.69, 9.17) is 23.2 Å². The average Bonchev–Trinajstić information content (AvgIpc) is 2.40. The van der Waals surface area contributed by atoms with E-state index in [0.717, 1.165) is 10.0 Å². The van der Waals surface area contributed by atoms with Crippen molar-refractivity contribution in [3.8, 4) is 0 Å². The first-order valence-electron chi connectivity index (χ1n) is 5.93. The fourth-order valence-corrected chi connectivity index (χ4v) is 2.88. The molecule has 2 nitrogen and oxygen atoms in total. The van der Waals surface area contributed by atoms with Crippen LogP contribution in [0.4, 0.5) is 0 Å². The van der Waals surface area contributed by atoms with Crippen LogP contribution in [0.15, 0.2) is 40.9 Å². The third-order valence-electron chi connectivity index (χ3n) is 2.98. The molecule has 2 aromatic carbocycles. The quantitative estimate of drug-likeness (QED) is 0.795. The summed E-state index contributed by atoms with van der Waals surface area (Å²) in [5.74, 6) is -0.993. The third-order valence-corrected chi connectivity index (χ3v) is 4.32. The standard InChI is InChI=1S/C15H11BrCl2O2/c16-10-3-1-2-9(8-10)4-5-11-12(15(19)20)6-7-13(17)14(11)18/h1-3,6-8H,4-5H2,(H,19,20). The Morgan fingerprint density at radius 1 is 1.15 bits per heavy atom. The van der Waals surface area contributed by atoms with Crippen molar-refractivity contribution in [3.63, 3.8) is 0 Å². The molecule has 0 unspecified atom stereocenters. The van der Waals surface area contributed by atoms with Crippen molar-refractivity contribution >= 4 is 45.1 Å². The second-order valence-corrected chi connectivity index (χ2v) is 6.02. The Labute approximate surface area is 135 Å². The van der Waals surface area contributed by atoms with Crippen LogP contribution < -0.4 is 0 Å². The number of benzene rings is 2. The Morgan fingerprint density at radius 3 is 2.55 bits per heavy atom. The zero-order chi connectivity index (χ0) is 14.7. The van der Waals surface area contributed by atoms with Crippen LogP contribution in [0.25, 0.3) is 0 Å². The van der Waals surface area contributed by atoms with Crippen LogP contribution in [0.2, 0.25) is 10.0 Å². The van der Waals surface area contributed by atoms with Gasteiger partial charge in [-0.05, 0) is 48.2 Å². The van der Waals surface area contributed by atoms with Gasteiger partial charge in [0.15, 0.2) is 0 Å². The van der Waals surface area contributed by atoms with Gasteiger partial charge in [0.25, 0.3) is 0 Å². The number of aryl methyl sites for hydroxylation is 1. The highest BCUT2D eigenvalue weighted by atomic mass is 79.9. The number of carboxylic acid groups (broad SMARTS) is 1. The molecule has 5 heteroatoms. The largest absolute Gasteiger partial charge is 0.478 e. The maximum atomic E-state index is 11.2. The Hall–Kier alpha value is -1.03. The van der Waals surface area contributed by atoms with Gasteiger partial charge in [-0.2, -0.15) is 0 Å². The fourth-order valence-electron chi connectivity index (χ4n) is 2.00. The van der Waals surface area contributed by atoms with Gasteiger partial charge in [0, 0.05) is 4.47 Å². The van der Waals surface area contributed by atoms with Crippen molar-refractivity contribution < 1.29 is 9.90 Å². The smallest absolute Gasteiger partial charge is 0.336 e. The predicted molar refractivity (Wildman–Crippen MR) is 85.0 cm³/mol. The summed E-state index contributed by atoms with van der Waals surface area (Å²) in [5.41, 5.74) is 1.88. The molecular formula is C15H11BrCl2O2. The normalized spacial score (nSPS) is 10.6. The van der Waals surface area contributed by atoms with Crippen molar-refractivity contribution in [1.82, 2.24) is 0 Å². The average molecular weight is 374 g/mol. The number of aromatic carboxylic acids is 1. The lowest BCUT2D eigenvalue weighted by Gasteiger charge is -2.10. The molecule has 0 aromatic heterocycles. The Balaban J connectivity index is 2.29. The number of hydrogen-bond donors (Lipinski definition) is 1. The van der Waals surface area contributed by atoms with E-state index in [1.807, 2.05) is 24.3 Å². The van der Waals surface area contributed by atoms with Gasteiger partial charge in [0.1, 0.15) is 0 Å². The number of carboxylic acids is 1. The molecule has 0 amide bonds. The number of rotatable bonds is 4. The Kier molecular flexibility index (Phi) is 5.08.